The van der Waals surface area contributed by atoms with Crippen LogP contribution in [0.3, 0.4) is 0 Å². The lowest BCUT2D eigenvalue weighted by atomic mass is 10.1. The second-order valence-electron chi connectivity index (χ2n) is 9.95. The van der Waals surface area contributed by atoms with Gasteiger partial charge in [0.25, 0.3) is 11.8 Å². The highest BCUT2D eigenvalue weighted by molar-refractivity contribution is 6.41. The molecule has 0 atom stereocenters. The highest BCUT2D eigenvalue weighted by Gasteiger charge is 2.54. The summed E-state index contributed by atoms with van der Waals surface area (Å²) in [6, 6.07) is 9.90. The Kier molecular flexibility index (Phi) is 13.1. The Morgan fingerprint density at radius 3 is 2.04 bits per heavy atom. The highest BCUT2D eigenvalue weighted by Crippen LogP contribution is 2.30. The Morgan fingerprint density at radius 2 is 1.48 bits per heavy atom. The molecule has 21 heteroatoms. The van der Waals surface area contributed by atoms with E-state index in [2.05, 4.69) is 25.9 Å². The molecule has 270 valence electrons. The van der Waals surface area contributed by atoms with E-state index in [1.54, 1.807) is 6.07 Å². The Bertz CT molecular complexity index is 1660. The number of alkyl halides is 9. The Labute approximate surface area is 280 Å². The molecule has 0 bridgehead atoms. The van der Waals surface area contributed by atoms with E-state index in [1.807, 2.05) is 0 Å². The van der Waals surface area contributed by atoms with E-state index >= 15 is 0 Å². The van der Waals surface area contributed by atoms with Crippen LogP contribution < -0.4 is 25.4 Å². The van der Waals surface area contributed by atoms with Gasteiger partial charge >= 0.3 is 30.1 Å². The fourth-order valence-electron chi connectivity index (χ4n) is 3.90. The maximum absolute atomic E-state index is 13.3. The lowest BCUT2D eigenvalue weighted by molar-refractivity contribution is -0.193. The maximum Gasteiger partial charge on any atom is 0.458 e. The SMILES string of the molecule is O=C(C(=O)C(F)(F)F)C(F)(F)F.O=C(Nc1cccnc1C(=O)Nc1ccc(Cl)cn1)c1ccc(OCC(F)(F)F)cc1OC1CCNCC1. The lowest BCUT2D eigenvalue weighted by Crippen LogP contribution is -2.39. The van der Waals surface area contributed by atoms with Gasteiger partial charge in [-0.1, -0.05) is 11.6 Å². The van der Waals surface area contributed by atoms with Crippen molar-refractivity contribution in [2.45, 2.75) is 37.5 Å². The van der Waals surface area contributed by atoms with Gasteiger partial charge in [-0.2, -0.15) is 39.5 Å². The number of aromatic nitrogens is 2. The van der Waals surface area contributed by atoms with Crippen LogP contribution in [0.5, 0.6) is 11.5 Å². The zero-order valence-corrected chi connectivity index (χ0v) is 25.7. The van der Waals surface area contributed by atoms with Gasteiger partial charge in [0.15, 0.2) is 12.3 Å². The molecule has 0 unspecified atom stereocenters. The van der Waals surface area contributed by atoms with E-state index in [9.17, 15) is 58.7 Å². The number of halogens is 10. The summed E-state index contributed by atoms with van der Waals surface area (Å²) in [5.74, 6) is -7.89. The molecule has 0 aliphatic carbocycles. The van der Waals surface area contributed by atoms with E-state index in [1.165, 1.54) is 48.8 Å². The van der Waals surface area contributed by atoms with Crippen molar-refractivity contribution in [1.82, 2.24) is 15.3 Å². The van der Waals surface area contributed by atoms with Gasteiger partial charge in [0, 0.05) is 18.5 Å². The first-order valence-electron chi connectivity index (χ1n) is 13.9. The largest absolute Gasteiger partial charge is 0.489 e. The van der Waals surface area contributed by atoms with Gasteiger partial charge in [-0.05, 0) is 62.3 Å². The molecule has 50 heavy (non-hydrogen) atoms. The van der Waals surface area contributed by atoms with Crippen LogP contribution in [-0.2, 0) is 9.59 Å². The fourth-order valence-corrected chi connectivity index (χ4v) is 4.01. The number of amides is 2. The quantitative estimate of drug-likeness (QED) is 0.179. The monoisotopic (exact) mass is 743 g/mol. The van der Waals surface area contributed by atoms with E-state index in [-0.39, 0.29) is 40.4 Å². The van der Waals surface area contributed by atoms with Gasteiger partial charge in [-0.25, -0.2) is 9.97 Å². The minimum Gasteiger partial charge on any atom is -0.489 e. The summed E-state index contributed by atoms with van der Waals surface area (Å²) in [6.45, 7) is -0.0812. The van der Waals surface area contributed by atoms with E-state index in [0.29, 0.717) is 31.0 Å². The van der Waals surface area contributed by atoms with Gasteiger partial charge in [0.05, 0.1) is 16.3 Å². The normalized spacial score (nSPS) is 13.7. The summed E-state index contributed by atoms with van der Waals surface area (Å²) in [6.07, 6.45) is -12.2. The van der Waals surface area contributed by atoms with Gasteiger partial charge in [-0.3, -0.25) is 19.2 Å². The van der Waals surface area contributed by atoms with E-state index < -0.39 is 48.5 Å². The molecule has 1 saturated heterocycles. The van der Waals surface area contributed by atoms with Crippen molar-refractivity contribution in [1.29, 1.82) is 0 Å². The van der Waals surface area contributed by atoms with Crippen LogP contribution in [0.2, 0.25) is 5.02 Å². The first kappa shape index (κ1) is 39.5. The third-order valence-electron chi connectivity index (χ3n) is 6.14. The molecule has 11 nitrogen and oxygen atoms in total. The van der Waals surface area contributed by atoms with Crippen LogP contribution in [0.4, 0.5) is 51.0 Å². The van der Waals surface area contributed by atoms with Gasteiger partial charge in [-0.15, -0.1) is 0 Å². The predicted octanol–water partition coefficient (Wildman–Crippen LogP) is 5.96. The summed E-state index contributed by atoms with van der Waals surface area (Å²) in [5.41, 5.74) is 0.0789. The molecule has 3 aromatic rings. The number of carbonyl (C=O) groups is 4. The minimum atomic E-state index is -5.77. The number of nitrogens with one attached hydrogen (secondary N) is 3. The molecule has 1 aliphatic rings. The first-order chi connectivity index (χ1) is 23.2. The number of nitrogens with zero attached hydrogens (tertiary/aromatic N) is 2. The molecule has 0 saturated carbocycles. The number of hydrogen-bond donors (Lipinski definition) is 3. The molecule has 3 N–H and O–H groups in total. The number of pyridine rings is 2. The standard InChI is InChI=1S/C25H23ClF3N5O4.C4F6O2/c26-15-3-6-21(32-13-15)34-24(36)22-19(2-1-9-31-22)33-23(35)18-5-4-17(37-14-25(27,28)29)12-20(18)38-16-7-10-30-11-8-16;5-3(6,7)1(11)2(12)4(8,9)10/h1-6,9,12-13,16,30H,7-8,10-11,14H2,(H,33,35)(H,32,34,36);. The molecule has 2 amide bonds. The lowest BCUT2D eigenvalue weighted by Gasteiger charge is -2.25. The number of anilines is 2. The molecule has 1 fully saturated rings. The second-order valence-corrected chi connectivity index (χ2v) is 10.4. The molecule has 2 aromatic heterocycles. The van der Waals surface area contributed by atoms with Crippen molar-refractivity contribution in [3.8, 4) is 11.5 Å². The van der Waals surface area contributed by atoms with Crippen LogP contribution >= 0.6 is 11.6 Å². The zero-order valence-electron chi connectivity index (χ0n) is 24.9. The number of benzene rings is 1. The molecule has 1 aliphatic heterocycles. The van der Waals surface area contributed by atoms with Gasteiger partial charge in [0.1, 0.15) is 23.4 Å². The van der Waals surface area contributed by atoms with E-state index in [4.69, 9.17) is 21.1 Å². The van der Waals surface area contributed by atoms with Crippen LogP contribution in [-0.4, -0.2) is 77.7 Å². The van der Waals surface area contributed by atoms with Crippen molar-refractivity contribution >= 4 is 46.5 Å². The number of piperidine rings is 1. The number of ether oxygens (including phenoxy) is 2. The van der Waals surface area contributed by atoms with Crippen molar-refractivity contribution in [2.24, 2.45) is 0 Å². The molecule has 1 aromatic carbocycles. The van der Waals surface area contributed by atoms with Gasteiger partial charge in [0.2, 0.25) is 0 Å². The number of rotatable bonds is 9. The third-order valence-corrected chi connectivity index (χ3v) is 6.36. The summed E-state index contributed by atoms with van der Waals surface area (Å²) >= 11 is 5.82. The topological polar surface area (TPSA) is 149 Å². The first-order valence-corrected chi connectivity index (χ1v) is 14.3. The van der Waals surface area contributed by atoms with Crippen molar-refractivity contribution in [2.75, 3.05) is 30.3 Å². The van der Waals surface area contributed by atoms with Crippen molar-refractivity contribution in [3.05, 3.63) is 71.1 Å². The minimum absolute atomic E-state index is 0.0532. The molecule has 3 heterocycles. The number of ketones is 2. The average Bonchev–Trinajstić information content (AvgIpc) is 3.04. The van der Waals surface area contributed by atoms with E-state index in [0.717, 1.165) is 0 Å². The summed E-state index contributed by atoms with van der Waals surface area (Å²) in [4.78, 5) is 53.4. The number of Topliss-reactive ketones (excluding diaryl/α,β-unsaturated/α-hetero) is 2. The Morgan fingerprint density at radius 1 is 0.840 bits per heavy atom. The summed E-state index contributed by atoms with van der Waals surface area (Å²) < 4.78 is 116. The maximum atomic E-state index is 13.3. The van der Waals surface area contributed by atoms with Crippen LogP contribution in [0.15, 0.2) is 54.9 Å². The van der Waals surface area contributed by atoms with Crippen LogP contribution in [0.1, 0.15) is 33.7 Å². The third kappa shape index (κ3) is 12.2. The number of hydrogen-bond acceptors (Lipinski definition) is 9. The molecule has 0 radical (unpaired) electrons. The van der Waals surface area contributed by atoms with Crippen molar-refractivity contribution in [3.63, 3.8) is 0 Å². The van der Waals surface area contributed by atoms with Gasteiger partial charge < -0.3 is 25.4 Å². The van der Waals surface area contributed by atoms with Crippen molar-refractivity contribution < 1.29 is 68.2 Å². The molecular weight excluding hydrogens is 721 g/mol. The molecule has 0 spiro atoms. The summed E-state index contributed by atoms with van der Waals surface area (Å²) in [7, 11) is 0. The Hall–Kier alpha value is -4.98. The zero-order chi connectivity index (χ0) is 37.3. The molecule has 4 rings (SSSR count). The summed E-state index contributed by atoms with van der Waals surface area (Å²) in [5, 5.41) is 8.80. The number of carbonyl (C=O) groups excluding carboxylic acids is 4. The average molecular weight is 744 g/mol. The van der Waals surface area contributed by atoms with Crippen LogP contribution in [0.25, 0.3) is 0 Å². The van der Waals surface area contributed by atoms with Crippen LogP contribution in [0, 0.1) is 0 Å². The molecular formula is C29H23ClF9N5O6. The predicted molar refractivity (Wildman–Crippen MR) is 156 cm³/mol. The second kappa shape index (κ2) is 16.6. The smallest absolute Gasteiger partial charge is 0.458 e. The highest BCUT2D eigenvalue weighted by atomic mass is 35.5. The fraction of sp³-hybridized carbons (Fsp3) is 0.310. The Balaban J connectivity index is 0.000000482.